The van der Waals surface area contributed by atoms with Crippen LogP contribution < -0.4 is 4.90 Å². The average Bonchev–Trinajstić information content (AvgIpc) is 3.05. The van der Waals surface area contributed by atoms with E-state index in [2.05, 4.69) is 42.7 Å². The van der Waals surface area contributed by atoms with Crippen LogP contribution in [0.3, 0.4) is 0 Å². The van der Waals surface area contributed by atoms with Crippen LogP contribution in [0.5, 0.6) is 0 Å². The van der Waals surface area contributed by atoms with Crippen molar-refractivity contribution in [1.29, 1.82) is 0 Å². The molecule has 0 unspecified atom stereocenters. The van der Waals surface area contributed by atoms with E-state index in [0.717, 1.165) is 49.7 Å². The zero-order chi connectivity index (χ0) is 17.4. The molecule has 4 rings (SSSR count). The second kappa shape index (κ2) is 6.89. The quantitative estimate of drug-likeness (QED) is 0.729. The zero-order valence-electron chi connectivity index (χ0n) is 14.2. The SMILES string of the molecule is CN1CCN(C(=O)c2cn3cc(Br)nc(N4CCOCC4)c3n2)CC1. The second-order valence-electron chi connectivity index (χ2n) is 6.44. The molecule has 8 nitrogen and oxygen atoms in total. The average molecular weight is 409 g/mol. The first kappa shape index (κ1) is 16.7. The lowest BCUT2D eigenvalue weighted by Crippen LogP contribution is -2.47. The number of fused-ring (bicyclic) bond motifs is 1. The van der Waals surface area contributed by atoms with Crippen molar-refractivity contribution < 1.29 is 9.53 Å². The molecule has 2 aliphatic rings. The summed E-state index contributed by atoms with van der Waals surface area (Å²) in [7, 11) is 2.07. The van der Waals surface area contributed by atoms with Crippen LogP contribution in [0.4, 0.5) is 5.82 Å². The summed E-state index contributed by atoms with van der Waals surface area (Å²) in [6, 6.07) is 0. The molecule has 9 heteroatoms. The minimum absolute atomic E-state index is 0.0131. The highest BCUT2D eigenvalue weighted by Gasteiger charge is 2.24. The summed E-state index contributed by atoms with van der Waals surface area (Å²) in [5, 5.41) is 0. The molecule has 0 saturated carbocycles. The van der Waals surface area contributed by atoms with Gasteiger partial charge in [0.2, 0.25) is 0 Å². The maximum atomic E-state index is 12.8. The third-order valence-electron chi connectivity index (χ3n) is 4.71. The lowest BCUT2D eigenvalue weighted by Gasteiger charge is -2.31. The Labute approximate surface area is 154 Å². The Bertz CT molecular complexity index is 780. The third kappa shape index (κ3) is 3.36. The van der Waals surface area contributed by atoms with Crippen molar-refractivity contribution in [2.75, 3.05) is 64.4 Å². The number of carbonyl (C=O) groups is 1. The van der Waals surface area contributed by atoms with Gasteiger partial charge in [-0.3, -0.25) is 4.79 Å². The topological polar surface area (TPSA) is 66.2 Å². The van der Waals surface area contributed by atoms with Gasteiger partial charge in [0.15, 0.2) is 11.5 Å². The minimum atomic E-state index is -0.0131. The maximum absolute atomic E-state index is 12.8. The van der Waals surface area contributed by atoms with Crippen LogP contribution >= 0.6 is 15.9 Å². The Morgan fingerprint density at radius 3 is 2.52 bits per heavy atom. The van der Waals surface area contributed by atoms with Crippen LogP contribution in [-0.4, -0.2) is 89.6 Å². The fourth-order valence-electron chi connectivity index (χ4n) is 3.21. The molecule has 0 N–H and O–H groups in total. The number of rotatable bonds is 2. The van der Waals surface area contributed by atoms with Gasteiger partial charge in [-0.25, -0.2) is 9.97 Å². The van der Waals surface area contributed by atoms with Crippen molar-refractivity contribution in [3.63, 3.8) is 0 Å². The van der Waals surface area contributed by atoms with Gasteiger partial charge < -0.3 is 23.8 Å². The Morgan fingerprint density at radius 1 is 1.08 bits per heavy atom. The van der Waals surface area contributed by atoms with Crippen LogP contribution in [-0.2, 0) is 4.74 Å². The van der Waals surface area contributed by atoms with E-state index in [4.69, 9.17) is 4.74 Å². The molecule has 0 spiro atoms. The summed E-state index contributed by atoms with van der Waals surface area (Å²) in [6.45, 7) is 6.16. The van der Waals surface area contributed by atoms with Gasteiger partial charge in [-0.2, -0.15) is 0 Å². The Balaban J connectivity index is 1.66. The molecule has 25 heavy (non-hydrogen) atoms. The van der Waals surface area contributed by atoms with Gasteiger partial charge in [0.1, 0.15) is 10.3 Å². The van der Waals surface area contributed by atoms with Crippen LogP contribution in [0.15, 0.2) is 17.0 Å². The van der Waals surface area contributed by atoms with Crippen LogP contribution in [0.2, 0.25) is 0 Å². The van der Waals surface area contributed by atoms with Gasteiger partial charge in [0.25, 0.3) is 5.91 Å². The molecular formula is C16H21BrN6O2. The zero-order valence-corrected chi connectivity index (χ0v) is 15.8. The summed E-state index contributed by atoms with van der Waals surface area (Å²) in [5.74, 6) is 0.774. The standard InChI is InChI=1S/C16H21BrN6O2/c1-20-2-4-22(5-3-20)16(24)12-10-23-11-13(17)19-15(14(23)18-12)21-6-8-25-9-7-21/h10-11H,2-9H2,1H3. The number of aromatic nitrogens is 3. The number of halogens is 1. The fraction of sp³-hybridized carbons (Fsp3) is 0.562. The largest absolute Gasteiger partial charge is 0.378 e. The molecule has 2 aliphatic heterocycles. The van der Waals surface area contributed by atoms with E-state index < -0.39 is 0 Å². The predicted molar refractivity (Wildman–Crippen MR) is 97.1 cm³/mol. The molecular weight excluding hydrogens is 388 g/mol. The monoisotopic (exact) mass is 408 g/mol. The van der Waals surface area contributed by atoms with Crippen molar-refractivity contribution in [3.8, 4) is 0 Å². The van der Waals surface area contributed by atoms with Crippen molar-refractivity contribution in [2.24, 2.45) is 0 Å². The van der Waals surface area contributed by atoms with E-state index in [9.17, 15) is 4.79 Å². The van der Waals surface area contributed by atoms with E-state index in [1.54, 1.807) is 6.20 Å². The number of morpholine rings is 1. The van der Waals surface area contributed by atoms with E-state index in [1.165, 1.54) is 0 Å². The molecule has 134 valence electrons. The molecule has 2 fully saturated rings. The number of anilines is 1. The number of likely N-dealkylation sites (N-methyl/N-ethyl adjacent to an activating group) is 1. The number of carbonyl (C=O) groups excluding carboxylic acids is 1. The molecule has 4 heterocycles. The number of imidazole rings is 1. The summed E-state index contributed by atoms with van der Waals surface area (Å²) < 4.78 is 8.02. The smallest absolute Gasteiger partial charge is 0.274 e. The third-order valence-corrected chi connectivity index (χ3v) is 5.09. The molecule has 0 aliphatic carbocycles. The van der Waals surface area contributed by atoms with Gasteiger partial charge in [0, 0.05) is 51.7 Å². The highest BCUT2D eigenvalue weighted by Crippen LogP contribution is 2.23. The van der Waals surface area contributed by atoms with E-state index in [1.807, 2.05) is 15.5 Å². The first-order valence-corrected chi connectivity index (χ1v) is 9.27. The maximum Gasteiger partial charge on any atom is 0.274 e. The molecule has 2 saturated heterocycles. The first-order chi connectivity index (χ1) is 12.1. The molecule has 1 amide bonds. The Hall–Kier alpha value is -1.71. The number of hydrogen-bond acceptors (Lipinski definition) is 6. The lowest BCUT2D eigenvalue weighted by atomic mass is 10.3. The minimum Gasteiger partial charge on any atom is -0.378 e. The molecule has 0 aromatic carbocycles. The van der Waals surface area contributed by atoms with Gasteiger partial charge in [-0.1, -0.05) is 0 Å². The molecule has 0 atom stereocenters. The number of ether oxygens (including phenoxy) is 1. The fourth-order valence-corrected chi connectivity index (χ4v) is 3.60. The Morgan fingerprint density at radius 2 is 1.80 bits per heavy atom. The van der Waals surface area contributed by atoms with Crippen molar-refractivity contribution in [3.05, 3.63) is 22.7 Å². The molecule has 0 radical (unpaired) electrons. The summed E-state index contributed by atoms with van der Waals surface area (Å²) in [6.07, 6.45) is 3.64. The van der Waals surface area contributed by atoms with E-state index in [-0.39, 0.29) is 5.91 Å². The number of hydrogen-bond donors (Lipinski definition) is 0. The Kier molecular flexibility index (Phi) is 4.61. The van der Waals surface area contributed by atoms with E-state index >= 15 is 0 Å². The van der Waals surface area contributed by atoms with Gasteiger partial charge in [-0.05, 0) is 23.0 Å². The van der Waals surface area contributed by atoms with Crippen LogP contribution in [0, 0.1) is 0 Å². The van der Waals surface area contributed by atoms with Crippen LogP contribution in [0.1, 0.15) is 10.5 Å². The van der Waals surface area contributed by atoms with Crippen LogP contribution in [0.25, 0.3) is 5.65 Å². The van der Waals surface area contributed by atoms with Crippen molar-refractivity contribution >= 4 is 33.3 Å². The summed E-state index contributed by atoms with van der Waals surface area (Å²) >= 11 is 3.46. The second-order valence-corrected chi connectivity index (χ2v) is 7.25. The van der Waals surface area contributed by atoms with Crippen molar-refractivity contribution in [1.82, 2.24) is 24.2 Å². The number of amides is 1. The predicted octanol–water partition coefficient (Wildman–Crippen LogP) is 0.716. The molecule has 2 aromatic rings. The van der Waals surface area contributed by atoms with Gasteiger partial charge in [0.05, 0.1) is 13.2 Å². The number of piperazine rings is 1. The summed E-state index contributed by atoms with van der Waals surface area (Å²) in [5.41, 5.74) is 1.18. The first-order valence-electron chi connectivity index (χ1n) is 8.47. The lowest BCUT2D eigenvalue weighted by molar-refractivity contribution is 0.0659. The molecule has 2 aromatic heterocycles. The highest BCUT2D eigenvalue weighted by atomic mass is 79.9. The summed E-state index contributed by atoms with van der Waals surface area (Å²) in [4.78, 5) is 28.3. The molecule has 0 bridgehead atoms. The normalized spacial score (nSPS) is 19.6. The number of nitrogens with zero attached hydrogens (tertiary/aromatic N) is 6. The van der Waals surface area contributed by atoms with Gasteiger partial charge >= 0.3 is 0 Å². The highest BCUT2D eigenvalue weighted by molar-refractivity contribution is 9.10. The van der Waals surface area contributed by atoms with Gasteiger partial charge in [-0.15, -0.1) is 0 Å². The van der Waals surface area contributed by atoms with Crippen molar-refractivity contribution in [2.45, 2.75) is 0 Å². The van der Waals surface area contributed by atoms with E-state index in [0.29, 0.717) is 24.6 Å².